The fourth-order valence-corrected chi connectivity index (χ4v) is 2.55. The van der Waals surface area contributed by atoms with Gasteiger partial charge in [0.2, 0.25) is 0 Å². The molecule has 0 aromatic carbocycles. The lowest BCUT2D eigenvalue weighted by molar-refractivity contribution is 0.510. The van der Waals surface area contributed by atoms with Crippen LogP contribution in [-0.4, -0.2) is 16.7 Å². The summed E-state index contributed by atoms with van der Waals surface area (Å²) < 4.78 is 0. The first-order valence-electron chi connectivity index (χ1n) is 5.56. The van der Waals surface area contributed by atoms with E-state index in [0.717, 1.165) is 25.2 Å². The summed E-state index contributed by atoms with van der Waals surface area (Å²) in [7, 11) is 0. The van der Waals surface area contributed by atoms with Crippen LogP contribution < -0.4 is 5.32 Å². The molecule has 16 heavy (non-hydrogen) atoms. The lowest BCUT2D eigenvalue weighted by atomic mass is 10.1. The van der Waals surface area contributed by atoms with Gasteiger partial charge in [0.05, 0.1) is 0 Å². The molecule has 2 aromatic heterocycles. The van der Waals surface area contributed by atoms with Crippen LogP contribution >= 0.6 is 11.3 Å². The van der Waals surface area contributed by atoms with Crippen molar-refractivity contribution in [2.24, 2.45) is 5.92 Å². The van der Waals surface area contributed by atoms with Gasteiger partial charge in [-0.05, 0) is 36.4 Å². The monoisotopic (exact) mass is 235 g/mol. The Hall–Kier alpha value is -1.13. The van der Waals surface area contributed by atoms with Gasteiger partial charge in [-0.2, -0.15) is 5.10 Å². The van der Waals surface area contributed by atoms with E-state index < -0.39 is 0 Å². The third-order valence-corrected chi connectivity index (χ3v) is 3.40. The number of H-pyrrole nitrogens is 1. The Morgan fingerprint density at radius 2 is 2.44 bits per heavy atom. The molecule has 2 aromatic rings. The van der Waals surface area contributed by atoms with Crippen LogP contribution in [0, 0.1) is 5.92 Å². The molecular formula is C12H17N3S. The molecule has 4 heteroatoms. The maximum atomic E-state index is 3.92. The Bertz CT molecular complexity index is 380. The average molecular weight is 235 g/mol. The Morgan fingerprint density at radius 1 is 1.50 bits per heavy atom. The van der Waals surface area contributed by atoms with Crippen molar-refractivity contribution >= 4 is 11.3 Å². The summed E-state index contributed by atoms with van der Waals surface area (Å²) in [5, 5.41) is 12.4. The van der Waals surface area contributed by atoms with Gasteiger partial charge >= 0.3 is 0 Å². The molecule has 0 fully saturated rings. The van der Waals surface area contributed by atoms with Crippen LogP contribution in [-0.2, 0) is 13.0 Å². The zero-order valence-corrected chi connectivity index (χ0v) is 10.3. The first-order valence-corrected chi connectivity index (χ1v) is 6.44. The van der Waals surface area contributed by atoms with Gasteiger partial charge in [0.25, 0.3) is 0 Å². The number of nitrogens with one attached hydrogen (secondary N) is 2. The normalized spacial score (nSPS) is 12.8. The Balaban J connectivity index is 1.66. The van der Waals surface area contributed by atoms with E-state index in [2.05, 4.69) is 40.0 Å². The van der Waals surface area contributed by atoms with E-state index in [1.807, 2.05) is 17.4 Å². The van der Waals surface area contributed by atoms with Crippen molar-refractivity contribution in [3.63, 3.8) is 0 Å². The molecule has 0 aliphatic heterocycles. The minimum absolute atomic E-state index is 0.668. The molecule has 0 saturated carbocycles. The van der Waals surface area contributed by atoms with E-state index in [1.165, 1.54) is 4.88 Å². The van der Waals surface area contributed by atoms with Crippen molar-refractivity contribution in [3.8, 4) is 0 Å². The largest absolute Gasteiger partial charge is 0.311 e. The van der Waals surface area contributed by atoms with Gasteiger partial charge in [-0.15, -0.1) is 11.3 Å². The second-order valence-electron chi connectivity index (χ2n) is 4.10. The maximum Gasteiger partial charge on any atom is 0.0490 e. The van der Waals surface area contributed by atoms with Crippen molar-refractivity contribution < 1.29 is 0 Å². The van der Waals surface area contributed by atoms with Gasteiger partial charge in [-0.25, -0.2) is 0 Å². The van der Waals surface area contributed by atoms with E-state index in [-0.39, 0.29) is 0 Å². The van der Waals surface area contributed by atoms with E-state index in [1.54, 1.807) is 6.20 Å². The molecule has 1 atom stereocenters. The third kappa shape index (κ3) is 3.47. The van der Waals surface area contributed by atoms with E-state index in [0.29, 0.717) is 5.92 Å². The van der Waals surface area contributed by atoms with E-state index in [4.69, 9.17) is 0 Å². The van der Waals surface area contributed by atoms with Crippen LogP contribution in [0.5, 0.6) is 0 Å². The van der Waals surface area contributed by atoms with Crippen LogP contribution in [0.25, 0.3) is 0 Å². The molecule has 2 N–H and O–H groups in total. The fourth-order valence-electron chi connectivity index (χ4n) is 1.68. The molecule has 0 spiro atoms. The van der Waals surface area contributed by atoms with E-state index >= 15 is 0 Å². The number of hydrogen-bond donors (Lipinski definition) is 2. The van der Waals surface area contributed by atoms with Crippen LogP contribution in [0.2, 0.25) is 0 Å². The minimum atomic E-state index is 0.668. The summed E-state index contributed by atoms with van der Waals surface area (Å²) in [6.45, 7) is 4.19. The lowest BCUT2D eigenvalue weighted by Crippen LogP contribution is -2.22. The van der Waals surface area contributed by atoms with Crippen LogP contribution in [0.4, 0.5) is 0 Å². The quantitative estimate of drug-likeness (QED) is 0.807. The topological polar surface area (TPSA) is 40.7 Å². The highest BCUT2D eigenvalue weighted by molar-refractivity contribution is 7.09. The SMILES string of the molecule is CC(CNCc1ccn[nH]1)Cc1cccs1. The fraction of sp³-hybridized carbons (Fsp3) is 0.417. The van der Waals surface area contributed by atoms with Crippen LogP contribution in [0.15, 0.2) is 29.8 Å². The van der Waals surface area contributed by atoms with E-state index in [9.17, 15) is 0 Å². The molecule has 0 radical (unpaired) electrons. The zero-order valence-electron chi connectivity index (χ0n) is 9.44. The number of aromatic amines is 1. The van der Waals surface area contributed by atoms with Crippen molar-refractivity contribution in [1.29, 1.82) is 0 Å². The summed E-state index contributed by atoms with van der Waals surface area (Å²) in [4.78, 5) is 1.47. The zero-order chi connectivity index (χ0) is 11.2. The van der Waals surface area contributed by atoms with Crippen LogP contribution in [0.3, 0.4) is 0 Å². The highest BCUT2D eigenvalue weighted by atomic mass is 32.1. The predicted octanol–water partition coefficient (Wildman–Crippen LogP) is 2.44. The van der Waals surface area contributed by atoms with Crippen LogP contribution in [0.1, 0.15) is 17.5 Å². The van der Waals surface area contributed by atoms with Gasteiger partial charge in [-0.1, -0.05) is 13.0 Å². The second-order valence-corrected chi connectivity index (χ2v) is 5.13. The number of rotatable bonds is 6. The van der Waals surface area contributed by atoms with Crippen molar-refractivity contribution in [3.05, 3.63) is 40.3 Å². The number of aromatic nitrogens is 2. The van der Waals surface area contributed by atoms with Crippen molar-refractivity contribution in [2.45, 2.75) is 19.9 Å². The summed E-state index contributed by atoms with van der Waals surface area (Å²) in [5.74, 6) is 0.668. The summed E-state index contributed by atoms with van der Waals surface area (Å²) in [6.07, 6.45) is 2.94. The number of thiophene rings is 1. The van der Waals surface area contributed by atoms with Gasteiger partial charge in [-0.3, -0.25) is 5.10 Å². The summed E-state index contributed by atoms with van der Waals surface area (Å²) in [5.41, 5.74) is 1.14. The molecule has 0 bridgehead atoms. The highest BCUT2D eigenvalue weighted by Crippen LogP contribution is 2.13. The smallest absolute Gasteiger partial charge is 0.0490 e. The molecule has 3 nitrogen and oxygen atoms in total. The van der Waals surface area contributed by atoms with Gasteiger partial charge in [0.1, 0.15) is 0 Å². The molecule has 0 amide bonds. The second kappa shape index (κ2) is 5.82. The average Bonchev–Trinajstić information content (AvgIpc) is 2.90. The molecule has 2 rings (SSSR count). The van der Waals surface area contributed by atoms with Gasteiger partial charge in [0.15, 0.2) is 0 Å². The standard InChI is InChI=1S/C12H17N3S/c1-10(7-12-3-2-6-16-12)8-13-9-11-4-5-14-15-11/h2-6,10,13H,7-9H2,1H3,(H,14,15). The lowest BCUT2D eigenvalue weighted by Gasteiger charge is -2.10. The van der Waals surface area contributed by atoms with Gasteiger partial charge in [0, 0.05) is 23.3 Å². The molecule has 1 unspecified atom stereocenters. The number of hydrogen-bond acceptors (Lipinski definition) is 3. The Kier molecular flexibility index (Phi) is 4.13. The molecule has 86 valence electrons. The number of nitrogens with zero attached hydrogens (tertiary/aromatic N) is 1. The highest BCUT2D eigenvalue weighted by Gasteiger charge is 2.04. The van der Waals surface area contributed by atoms with Crippen molar-refractivity contribution in [2.75, 3.05) is 6.54 Å². The molecule has 0 aliphatic rings. The third-order valence-electron chi connectivity index (χ3n) is 2.50. The van der Waals surface area contributed by atoms with Gasteiger partial charge < -0.3 is 5.32 Å². The summed E-state index contributed by atoms with van der Waals surface area (Å²) in [6, 6.07) is 6.32. The summed E-state index contributed by atoms with van der Waals surface area (Å²) >= 11 is 1.84. The van der Waals surface area contributed by atoms with Crippen molar-refractivity contribution in [1.82, 2.24) is 15.5 Å². The predicted molar refractivity (Wildman–Crippen MR) is 67.5 cm³/mol. The molecule has 0 saturated heterocycles. The Morgan fingerprint density at radius 3 is 3.12 bits per heavy atom. The Labute approximate surface area is 99.9 Å². The molecular weight excluding hydrogens is 218 g/mol. The molecule has 2 heterocycles. The minimum Gasteiger partial charge on any atom is -0.311 e. The first kappa shape index (κ1) is 11.4. The molecule has 0 aliphatic carbocycles. The first-order chi connectivity index (χ1) is 7.84. The maximum absolute atomic E-state index is 3.92.